The molecule has 136 valence electrons. The molecule has 7 heteroatoms. The lowest BCUT2D eigenvalue weighted by molar-refractivity contribution is -0.123. The molecule has 1 heterocycles. The summed E-state index contributed by atoms with van der Waals surface area (Å²) in [5.74, 6) is 0.642. The molecule has 1 N–H and O–H groups in total. The fraction of sp³-hybridized carbons (Fsp3) is 0.263. The average Bonchev–Trinajstić information content (AvgIpc) is 2.67. The monoisotopic (exact) mass is 374 g/mol. The van der Waals surface area contributed by atoms with Crippen LogP contribution in [0.4, 0.5) is 0 Å². The minimum atomic E-state index is -0.206. The predicted molar refractivity (Wildman–Crippen MR) is 97.7 cm³/mol. The summed E-state index contributed by atoms with van der Waals surface area (Å²) in [5.41, 5.74) is 1.42. The molecule has 1 fully saturated rings. The second-order valence-corrected chi connectivity index (χ2v) is 6.29. The van der Waals surface area contributed by atoms with Crippen LogP contribution in [0.1, 0.15) is 15.9 Å². The number of hydrogen-bond acceptors (Lipinski definition) is 4. The fourth-order valence-electron chi connectivity index (χ4n) is 2.66. The van der Waals surface area contributed by atoms with Crippen molar-refractivity contribution in [2.45, 2.75) is 6.61 Å². The smallest absolute Gasteiger partial charge is 0.254 e. The van der Waals surface area contributed by atoms with Crippen LogP contribution in [0.5, 0.6) is 11.5 Å². The van der Waals surface area contributed by atoms with Gasteiger partial charge in [-0.2, -0.15) is 0 Å². The average molecular weight is 375 g/mol. The molecule has 0 aromatic heterocycles. The Hall–Kier alpha value is -2.73. The molecular formula is C19H19ClN2O4. The Balaban J connectivity index is 1.71. The highest BCUT2D eigenvalue weighted by Crippen LogP contribution is 2.29. The van der Waals surface area contributed by atoms with Crippen molar-refractivity contribution in [3.05, 3.63) is 58.6 Å². The molecule has 0 aliphatic carbocycles. The van der Waals surface area contributed by atoms with E-state index in [0.29, 0.717) is 41.8 Å². The van der Waals surface area contributed by atoms with E-state index in [-0.39, 0.29) is 18.4 Å². The second-order valence-electron chi connectivity index (χ2n) is 5.86. The van der Waals surface area contributed by atoms with E-state index in [1.807, 2.05) is 12.1 Å². The van der Waals surface area contributed by atoms with Crippen molar-refractivity contribution in [2.24, 2.45) is 0 Å². The Bertz CT molecular complexity index is 808. The number of nitrogens with one attached hydrogen (secondary N) is 1. The number of nitrogens with zero attached hydrogens (tertiary/aromatic N) is 1. The topological polar surface area (TPSA) is 67.9 Å². The van der Waals surface area contributed by atoms with E-state index >= 15 is 0 Å². The Labute approximate surface area is 156 Å². The summed E-state index contributed by atoms with van der Waals surface area (Å²) in [7, 11) is 1.52. The summed E-state index contributed by atoms with van der Waals surface area (Å²) in [4.78, 5) is 25.6. The van der Waals surface area contributed by atoms with Crippen LogP contribution < -0.4 is 14.8 Å². The SMILES string of the molecule is COc1cc(C(=O)N2CCNC(=O)C2)ccc1OCc1ccc(Cl)cc1. The number of hydrogen-bond donors (Lipinski definition) is 1. The zero-order valence-electron chi connectivity index (χ0n) is 14.3. The van der Waals surface area contributed by atoms with Crippen molar-refractivity contribution in [3.8, 4) is 11.5 Å². The number of carbonyl (C=O) groups is 2. The lowest BCUT2D eigenvalue weighted by atomic mass is 10.1. The second kappa shape index (κ2) is 8.10. The molecule has 1 saturated heterocycles. The molecule has 2 amide bonds. The van der Waals surface area contributed by atoms with Gasteiger partial charge in [0.15, 0.2) is 11.5 Å². The summed E-state index contributed by atoms with van der Waals surface area (Å²) in [6.07, 6.45) is 0. The zero-order chi connectivity index (χ0) is 18.5. The first-order chi connectivity index (χ1) is 12.6. The molecule has 1 aliphatic heterocycles. The quantitative estimate of drug-likeness (QED) is 0.873. The molecule has 26 heavy (non-hydrogen) atoms. The van der Waals surface area contributed by atoms with Crippen LogP contribution in [0.15, 0.2) is 42.5 Å². The molecule has 0 saturated carbocycles. The number of benzene rings is 2. The summed E-state index contributed by atoms with van der Waals surface area (Å²) in [6.45, 7) is 1.37. The number of rotatable bonds is 5. The third kappa shape index (κ3) is 4.26. The molecule has 0 bridgehead atoms. The summed E-state index contributed by atoms with van der Waals surface area (Å²) < 4.78 is 11.2. The molecule has 6 nitrogen and oxygen atoms in total. The van der Waals surface area contributed by atoms with E-state index in [4.69, 9.17) is 21.1 Å². The summed E-state index contributed by atoms with van der Waals surface area (Å²) in [6, 6.07) is 12.4. The highest BCUT2D eigenvalue weighted by Gasteiger charge is 2.23. The molecule has 2 aromatic carbocycles. The van der Waals surface area contributed by atoms with Gasteiger partial charge in [0.1, 0.15) is 6.61 Å². The van der Waals surface area contributed by atoms with Crippen LogP contribution in [0.25, 0.3) is 0 Å². The molecule has 0 spiro atoms. The van der Waals surface area contributed by atoms with E-state index in [1.165, 1.54) is 12.0 Å². The maximum atomic E-state index is 12.6. The van der Waals surface area contributed by atoms with E-state index in [0.717, 1.165) is 5.56 Å². The maximum Gasteiger partial charge on any atom is 0.254 e. The maximum absolute atomic E-state index is 12.6. The Kier molecular flexibility index (Phi) is 5.63. The van der Waals surface area contributed by atoms with Crippen molar-refractivity contribution in [2.75, 3.05) is 26.7 Å². The van der Waals surface area contributed by atoms with Gasteiger partial charge in [-0.25, -0.2) is 0 Å². The van der Waals surface area contributed by atoms with Gasteiger partial charge in [0.05, 0.1) is 13.7 Å². The Morgan fingerprint density at radius 1 is 1.19 bits per heavy atom. The largest absolute Gasteiger partial charge is 0.493 e. The highest BCUT2D eigenvalue weighted by atomic mass is 35.5. The van der Waals surface area contributed by atoms with Crippen molar-refractivity contribution < 1.29 is 19.1 Å². The van der Waals surface area contributed by atoms with Gasteiger partial charge in [-0.3, -0.25) is 9.59 Å². The minimum Gasteiger partial charge on any atom is -0.493 e. The van der Waals surface area contributed by atoms with Crippen molar-refractivity contribution in [1.29, 1.82) is 0 Å². The number of amides is 2. The van der Waals surface area contributed by atoms with Crippen LogP contribution in [0, 0.1) is 0 Å². The number of piperazine rings is 1. The Morgan fingerprint density at radius 2 is 1.96 bits per heavy atom. The first-order valence-corrected chi connectivity index (χ1v) is 8.56. The molecule has 1 aliphatic rings. The summed E-state index contributed by atoms with van der Waals surface area (Å²) >= 11 is 5.87. The molecule has 0 atom stereocenters. The van der Waals surface area contributed by atoms with Crippen LogP contribution in [-0.4, -0.2) is 43.5 Å². The van der Waals surface area contributed by atoms with Gasteiger partial charge in [-0.1, -0.05) is 23.7 Å². The van der Waals surface area contributed by atoms with Crippen molar-refractivity contribution in [3.63, 3.8) is 0 Å². The van der Waals surface area contributed by atoms with E-state index in [2.05, 4.69) is 5.32 Å². The van der Waals surface area contributed by atoms with Crippen LogP contribution >= 0.6 is 11.6 Å². The van der Waals surface area contributed by atoms with Gasteiger partial charge in [0.25, 0.3) is 5.91 Å². The summed E-state index contributed by atoms with van der Waals surface area (Å²) in [5, 5.41) is 3.37. The normalized spacial score (nSPS) is 13.9. The zero-order valence-corrected chi connectivity index (χ0v) is 15.1. The van der Waals surface area contributed by atoms with Crippen LogP contribution in [0.3, 0.4) is 0 Å². The third-order valence-corrected chi connectivity index (χ3v) is 4.30. The van der Waals surface area contributed by atoms with Gasteiger partial charge >= 0.3 is 0 Å². The van der Waals surface area contributed by atoms with Gasteiger partial charge in [-0.15, -0.1) is 0 Å². The van der Waals surface area contributed by atoms with Gasteiger partial charge in [-0.05, 0) is 35.9 Å². The lowest BCUT2D eigenvalue weighted by Crippen LogP contribution is -2.49. The lowest BCUT2D eigenvalue weighted by Gasteiger charge is -2.26. The fourth-order valence-corrected chi connectivity index (χ4v) is 2.78. The number of ether oxygens (including phenoxy) is 2. The van der Waals surface area contributed by atoms with Crippen molar-refractivity contribution >= 4 is 23.4 Å². The third-order valence-electron chi connectivity index (χ3n) is 4.04. The number of carbonyl (C=O) groups excluding carboxylic acids is 2. The first kappa shape index (κ1) is 18.1. The predicted octanol–water partition coefficient (Wildman–Crippen LogP) is 2.50. The van der Waals surface area contributed by atoms with Gasteiger partial charge < -0.3 is 19.7 Å². The minimum absolute atomic E-state index is 0.0654. The molecule has 3 rings (SSSR count). The van der Waals surface area contributed by atoms with E-state index in [9.17, 15) is 9.59 Å². The molecule has 0 radical (unpaired) electrons. The molecular weight excluding hydrogens is 356 g/mol. The van der Waals surface area contributed by atoms with E-state index in [1.54, 1.807) is 30.3 Å². The van der Waals surface area contributed by atoms with Crippen LogP contribution in [-0.2, 0) is 11.4 Å². The van der Waals surface area contributed by atoms with Crippen molar-refractivity contribution in [1.82, 2.24) is 10.2 Å². The number of halogens is 1. The first-order valence-electron chi connectivity index (χ1n) is 8.18. The highest BCUT2D eigenvalue weighted by molar-refractivity contribution is 6.30. The number of methoxy groups -OCH3 is 1. The van der Waals surface area contributed by atoms with Gasteiger partial charge in [0.2, 0.25) is 5.91 Å². The van der Waals surface area contributed by atoms with Crippen LogP contribution in [0.2, 0.25) is 5.02 Å². The molecule has 2 aromatic rings. The standard InChI is InChI=1S/C19H19ClN2O4/c1-25-17-10-14(19(24)22-9-8-21-18(23)11-22)4-7-16(17)26-12-13-2-5-15(20)6-3-13/h2-7,10H,8-9,11-12H2,1H3,(H,21,23). The van der Waals surface area contributed by atoms with Gasteiger partial charge in [0, 0.05) is 23.7 Å². The van der Waals surface area contributed by atoms with E-state index < -0.39 is 0 Å². The Morgan fingerprint density at radius 3 is 2.65 bits per heavy atom. The molecule has 0 unspecified atom stereocenters.